The van der Waals surface area contributed by atoms with E-state index in [1.54, 1.807) is 26.0 Å². The van der Waals surface area contributed by atoms with Gasteiger partial charge in [0, 0.05) is 10.8 Å². The first-order valence-electron chi connectivity index (χ1n) is 10.4. The highest BCUT2D eigenvalue weighted by Gasteiger charge is 2.40. The van der Waals surface area contributed by atoms with Gasteiger partial charge in [0.1, 0.15) is 0 Å². The molecule has 1 rings (SSSR count). The van der Waals surface area contributed by atoms with Crippen molar-refractivity contribution in [2.24, 2.45) is 17.8 Å². The smallest absolute Gasteiger partial charge is 0.335 e. The molecule has 31 heavy (non-hydrogen) atoms. The van der Waals surface area contributed by atoms with Crippen molar-refractivity contribution in [3.05, 3.63) is 45.0 Å². The number of carbonyl (C=O) groups excluding carboxylic acids is 2. The number of nitro groups is 1. The molecule has 0 aliphatic rings. The molecule has 9 heteroatoms. The SMILES string of the molecule is CCOC(=O)C(C(=O)OCC)C(CCc1ccc(CC(C)C)cc1C(=O)O)C[N+](=O)[O-]. The fraction of sp³-hybridized carbons (Fsp3) is 0.591. The summed E-state index contributed by atoms with van der Waals surface area (Å²) in [7, 11) is 0. The fourth-order valence-electron chi connectivity index (χ4n) is 3.48. The van der Waals surface area contributed by atoms with Crippen LogP contribution in [0.5, 0.6) is 0 Å². The van der Waals surface area contributed by atoms with Crippen LogP contribution in [0.25, 0.3) is 0 Å². The Hall–Kier alpha value is -2.97. The number of hydrogen-bond acceptors (Lipinski definition) is 7. The summed E-state index contributed by atoms with van der Waals surface area (Å²) in [6.45, 7) is 6.58. The van der Waals surface area contributed by atoms with Crippen molar-refractivity contribution in [3.63, 3.8) is 0 Å². The van der Waals surface area contributed by atoms with Crippen molar-refractivity contribution < 1.29 is 33.9 Å². The lowest BCUT2D eigenvalue weighted by Gasteiger charge is -2.21. The van der Waals surface area contributed by atoms with Crippen molar-refractivity contribution in [1.29, 1.82) is 0 Å². The monoisotopic (exact) mass is 437 g/mol. The lowest BCUT2D eigenvalue weighted by Crippen LogP contribution is -2.38. The molecule has 0 aromatic heterocycles. The summed E-state index contributed by atoms with van der Waals surface area (Å²) in [5.41, 5.74) is 1.48. The van der Waals surface area contributed by atoms with Crippen LogP contribution in [0.2, 0.25) is 0 Å². The average Bonchev–Trinajstić information content (AvgIpc) is 2.66. The van der Waals surface area contributed by atoms with Crippen molar-refractivity contribution in [3.8, 4) is 0 Å². The van der Waals surface area contributed by atoms with Gasteiger partial charge in [0.05, 0.1) is 18.8 Å². The van der Waals surface area contributed by atoms with Crippen LogP contribution in [0.3, 0.4) is 0 Å². The maximum Gasteiger partial charge on any atom is 0.335 e. The van der Waals surface area contributed by atoms with Gasteiger partial charge < -0.3 is 14.6 Å². The molecule has 1 atom stereocenters. The van der Waals surface area contributed by atoms with Gasteiger partial charge in [0.25, 0.3) is 0 Å². The highest BCUT2D eigenvalue weighted by Crippen LogP contribution is 2.25. The van der Waals surface area contributed by atoms with Crippen LogP contribution in [-0.4, -0.2) is 47.7 Å². The summed E-state index contributed by atoms with van der Waals surface area (Å²) in [6.07, 6.45) is 0.919. The molecule has 0 radical (unpaired) electrons. The first-order chi connectivity index (χ1) is 14.6. The predicted octanol–water partition coefficient (Wildman–Crippen LogP) is 3.15. The minimum atomic E-state index is -1.45. The molecular weight excluding hydrogens is 406 g/mol. The lowest BCUT2D eigenvalue weighted by atomic mass is 9.85. The molecule has 1 aromatic carbocycles. The quantitative estimate of drug-likeness (QED) is 0.215. The highest BCUT2D eigenvalue weighted by atomic mass is 16.6. The number of esters is 2. The maximum absolute atomic E-state index is 12.4. The molecule has 0 saturated heterocycles. The highest BCUT2D eigenvalue weighted by molar-refractivity contribution is 5.95. The standard InChI is InChI=1S/C22H31NO8/c1-5-30-21(26)19(22(27)31-6-2)17(13-23(28)29)10-9-16-8-7-15(11-14(3)4)12-18(16)20(24)25/h7-8,12,14,17,19H,5-6,9-11,13H2,1-4H3,(H,24,25). The van der Waals surface area contributed by atoms with E-state index in [2.05, 4.69) is 0 Å². The summed E-state index contributed by atoms with van der Waals surface area (Å²) in [4.78, 5) is 47.1. The second-order valence-corrected chi connectivity index (χ2v) is 7.69. The van der Waals surface area contributed by atoms with E-state index >= 15 is 0 Å². The van der Waals surface area contributed by atoms with Gasteiger partial charge in [-0.3, -0.25) is 19.7 Å². The molecule has 0 saturated carbocycles. The Labute approximate surface area is 181 Å². The zero-order valence-electron chi connectivity index (χ0n) is 18.5. The van der Waals surface area contributed by atoms with Crippen LogP contribution in [0.4, 0.5) is 0 Å². The number of rotatable bonds is 13. The Morgan fingerprint density at radius 1 is 1.10 bits per heavy atom. The van der Waals surface area contributed by atoms with Gasteiger partial charge in [-0.15, -0.1) is 0 Å². The Morgan fingerprint density at radius 3 is 2.13 bits per heavy atom. The van der Waals surface area contributed by atoms with Gasteiger partial charge in [0.2, 0.25) is 6.54 Å². The summed E-state index contributed by atoms with van der Waals surface area (Å²) in [5, 5.41) is 20.8. The molecule has 0 amide bonds. The van der Waals surface area contributed by atoms with Gasteiger partial charge >= 0.3 is 17.9 Å². The average molecular weight is 437 g/mol. The molecular formula is C22H31NO8. The largest absolute Gasteiger partial charge is 0.478 e. The molecule has 0 aliphatic carbocycles. The molecule has 1 N–H and O–H groups in total. The molecule has 1 unspecified atom stereocenters. The third-order valence-electron chi connectivity index (χ3n) is 4.77. The molecule has 1 aromatic rings. The van der Waals surface area contributed by atoms with Crippen LogP contribution in [0.1, 0.15) is 55.6 Å². The number of nitrogens with zero attached hydrogens (tertiary/aromatic N) is 1. The number of benzene rings is 1. The molecule has 0 spiro atoms. The van der Waals surface area contributed by atoms with Crippen molar-refractivity contribution >= 4 is 17.9 Å². The summed E-state index contributed by atoms with van der Waals surface area (Å²) >= 11 is 0. The maximum atomic E-state index is 12.4. The number of aryl methyl sites for hydroxylation is 1. The minimum Gasteiger partial charge on any atom is -0.478 e. The fourth-order valence-corrected chi connectivity index (χ4v) is 3.48. The van der Waals surface area contributed by atoms with Crippen molar-refractivity contribution in [1.82, 2.24) is 0 Å². The van der Waals surface area contributed by atoms with Crippen LogP contribution in [-0.2, 0) is 31.9 Å². The Kier molecular flexibility index (Phi) is 10.6. The summed E-state index contributed by atoms with van der Waals surface area (Å²) in [6, 6.07) is 5.13. The number of hydrogen-bond donors (Lipinski definition) is 1. The van der Waals surface area contributed by atoms with E-state index in [1.807, 2.05) is 19.9 Å². The third-order valence-corrected chi connectivity index (χ3v) is 4.77. The molecule has 172 valence electrons. The second-order valence-electron chi connectivity index (χ2n) is 7.69. The zero-order valence-corrected chi connectivity index (χ0v) is 18.5. The molecule has 0 bridgehead atoms. The summed E-state index contributed by atoms with van der Waals surface area (Å²) in [5.74, 6) is -4.94. The zero-order chi connectivity index (χ0) is 23.6. The van der Waals surface area contributed by atoms with E-state index in [0.29, 0.717) is 11.5 Å². The molecule has 0 heterocycles. The minimum absolute atomic E-state index is 0.0143. The van der Waals surface area contributed by atoms with Gasteiger partial charge in [-0.05, 0) is 56.2 Å². The number of aromatic carboxylic acids is 1. The number of carbonyl (C=O) groups is 3. The van der Waals surface area contributed by atoms with Crippen LogP contribution in [0.15, 0.2) is 18.2 Å². The molecule has 0 aliphatic heterocycles. The van der Waals surface area contributed by atoms with Crippen molar-refractivity contribution in [2.45, 2.75) is 47.0 Å². The van der Waals surface area contributed by atoms with E-state index < -0.39 is 41.2 Å². The Balaban J connectivity index is 3.18. The Morgan fingerprint density at radius 2 is 1.68 bits per heavy atom. The second kappa shape index (κ2) is 12.7. The Bertz CT molecular complexity index is 772. The van der Waals surface area contributed by atoms with E-state index in [4.69, 9.17) is 9.47 Å². The first-order valence-corrected chi connectivity index (χ1v) is 10.4. The van der Waals surface area contributed by atoms with Crippen LogP contribution in [0, 0.1) is 27.9 Å². The van der Waals surface area contributed by atoms with Gasteiger partial charge in [-0.2, -0.15) is 0 Å². The van der Waals surface area contributed by atoms with Crippen molar-refractivity contribution in [2.75, 3.05) is 19.8 Å². The topological polar surface area (TPSA) is 133 Å². The van der Waals surface area contributed by atoms with Gasteiger partial charge in [0.15, 0.2) is 5.92 Å². The van der Waals surface area contributed by atoms with E-state index in [1.165, 1.54) is 0 Å². The van der Waals surface area contributed by atoms with E-state index in [0.717, 1.165) is 12.0 Å². The normalized spacial score (nSPS) is 11.9. The third kappa shape index (κ3) is 8.35. The van der Waals surface area contributed by atoms with Crippen LogP contribution < -0.4 is 0 Å². The van der Waals surface area contributed by atoms with E-state index in [-0.39, 0.29) is 31.6 Å². The predicted molar refractivity (Wildman–Crippen MR) is 112 cm³/mol. The van der Waals surface area contributed by atoms with E-state index in [9.17, 15) is 29.6 Å². The van der Waals surface area contributed by atoms with Crippen LogP contribution >= 0.6 is 0 Å². The number of carboxylic acids is 1. The number of ether oxygens (including phenoxy) is 2. The first kappa shape index (κ1) is 26.1. The molecule has 0 fully saturated rings. The van der Waals surface area contributed by atoms with Gasteiger partial charge in [-0.25, -0.2) is 4.79 Å². The summed E-state index contributed by atoms with van der Waals surface area (Å²) < 4.78 is 9.89. The number of carboxylic acid groups (broad SMARTS) is 1. The lowest BCUT2D eigenvalue weighted by molar-refractivity contribution is -0.489. The van der Waals surface area contributed by atoms with Gasteiger partial charge in [-0.1, -0.05) is 26.0 Å². The molecule has 9 nitrogen and oxygen atoms in total.